The molecular formula is C4H9NO3S. The van der Waals surface area contributed by atoms with Crippen LogP contribution in [-0.2, 0) is 14.8 Å². The highest BCUT2D eigenvalue weighted by Crippen LogP contribution is 2.03. The average molecular weight is 151 g/mol. The lowest BCUT2D eigenvalue weighted by molar-refractivity contribution is 0.0773. The lowest BCUT2D eigenvalue weighted by Gasteiger charge is -2.21. The fourth-order valence-corrected chi connectivity index (χ4v) is 1.47. The van der Waals surface area contributed by atoms with E-state index in [1.807, 2.05) is 0 Å². The molecule has 0 unspecified atom stereocenters. The van der Waals surface area contributed by atoms with Crippen LogP contribution in [0.2, 0.25) is 0 Å². The summed E-state index contributed by atoms with van der Waals surface area (Å²) >= 11 is 0. The van der Waals surface area contributed by atoms with E-state index < -0.39 is 10.0 Å². The molecule has 0 spiro atoms. The summed E-state index contributed by atoms with van der Waals surface area (Å²) in [5.74, 6) is 0.115. The van der Waals surface area contributed by atoms with Crippen LogP contribution >= 0.6 is 0 Å². The van der Waals surface area contributed by atoms with Gasteiger partial charge in [-0.2, -0.15) is 4.31 Å². The maximum absolute atomic E-state index is 10.8. The molecule has 4 nitrogen and oxygen atoms in total. The van der Waals surface area contributed by atoms with Gasteiger partial charge in [-0.3, -0.25) is 0 Å². The topological polar surface area (TPSA) is 46.6 Å². The van der Waals surface area contributed by atoms with Crippen LogP contribution in [0.15, 0.2) is 0 Å². The summed E-state index contributed by atoms with van der Waals surface area (Å²) in [5, 5.41) is 0. The van der Waals surface area contributed by atoms with Crippen LogP contribution < -0.4 is 0 Å². The Labute approximate surface area is 54.5 Å². The Balaban J connectivity index is 2.72. The van der Waals surface area contributed by atoms with Gasteiger partial charge in [-0.25, -0.2) is 8.42 Å². The van der Waals surface area contributed by atoms with Gasteiger partial charge >= 0.3 is 0 Å². The van der Waals surface area contributed by atoms with E-state index >= 15 is 0 Å². The van der Waals surface area contributed by atoms with Crippen LogP contribution in [0.4, 0.5) is 0 Å². The first kappa shape index (κ1) is 6.98. The highest BCUT2D eigenvalue weighted by Gasteiger charge is 2.21. The predicted molar refractivity (Wildman–Crippen MR) is 32.4 cm³/mol. The predicted octanol–water partition coefficient (Wildman–Crippen LogP) is -0.764. The summed E-state index contributed by atoms with van der Waals surface area (Å²) in [5.41, 5.74) is 0. The van der Waals surface area contributed by atoms with Crippen molar-refractivity contribution in [3.63, 3.8) is 0 Å². The van der Waals surface area contributed by atoms with Crippen molar-refractivity contribution in [1.82, 2.24) is 4.31 Å². The Morgan fingerprint density at radius 2 is 2.22 bits per heavy atom. The van der Waals surface area contributed by atoms with Gasteiger partial charge in [0.2, 0.25) is 10.0 Å². The van der Waals surface area contributed by atoms with E-state index in [2.05, 4.69) is 0 Å². The molecule has 0 bridgehead atoms. The zero-order valence-corrected chi connectivity index (χ0v) is 6.02. The normalized spacial score (nSPS) is 28.1. The Bertz CT molecular complexity index is 186. The first-order valence-corrected chi connectivity index (χ1v) is 4.25. The van der Waals surface area contributed by atoms with Crippen LogP contribution in [0, 0.1) is 0 Å². The third kappa shape index (κ3) is 1.41. The number of nitrogens with zero attached hydrogens (tertiary/aromatic N) is 1. The van der Waals surface area contributed by atoms with Crippen LogP contribution in [-0.4, -0.2) is 38.9 Å². The second-order valence-corrected chi connectivity index (χ2v) is 4.15. The molecule has 9 heavy (non-hydrogen) atoms. The molecule has 0 aromatic heterocycles. The average Bonchev–Trinajstić information content (AvgIpc) is 1.77. The fraction of sp³-hybridized carbons (Fsp3) is 1.00. The van der Waals surface area contributed by atoms with Gasteiger partial charge in [0.15, 0.2) is 0 Å². The van der Waals surface area contributed by atoms with Crippen molar-refractivity contribution < 1.29 is 13.2 Å². The molecule has 0 aromatic rings. The molecule has 0 saturated carbocycles. The van der Waals surface area contributed by atoms with Crippen molar-refractivity contribution in [2.75, 3.05) is 26.1 Å². The Morgan fingerprint density at radius 1 is 1.56 bits per heavy atom. The van der Waals surface area contributed by atoms with Crippen LogP contribution in [0.5, 0.6) is 0 Å². The van der Waals surface area contributed by atoms with Gasteiger partial charge in [-0.1, -0.05) is 0 Å². The SMILES string of the molecule is CN1COCCS1(=O)=O. The summed E-state index contributed by atoms with van der Waals surface area (Å²) < 4.78 is 27.7. The van der Waals surface area contributed by atoms with Crippen molar-refractivity contribution in [2.24, 2.45) is 0 Å². The van der Waals surface area contributed by atoms with Crippen molar-refractivity contribution in [3.8, 4) is 0 Å². The summed E-state index contributed by atoms with van der Waals surface area (Å²) in [4.78, 5) is 0. The minimum Gasteiger partial charge on any atom is -0.364 e. The highest BCUT2D eigenvalue weighted by atomic mass is 32.2. The third-order valence-electron chi connectivity index (χ3n) is 1.23. The standard InChI is InChI=1S/C4H9NO3S/c1-5-4-8-2-3-9(5,6)7/h2-4H2,1H3. The van der Waals surface area contributed by atoms with Gasteiger partial charge in [0.25, 0.3) is 0 Å². The molecule has 1 aliphatic rings. The van der Waals surface area contributed by atoms with Gasteiger partial charge in [0, 0.05) is 7.05 Å². The Kier molecular flexibility index (Phi) is 1.74. The van der Waals surface area contributed by atoms with Crippen molar-refractivity contribution >= 4 is 10.0 Å². The van der Waals surface area contributed by atoms with Crippen LogP contribution in [0.3, 0.4) is 0 Å². The van der Waals surface area contributed by atoms with E-state index in [0.717, 1.165) is 0 Å². The molecule has 1 aliphatic heterocycles. The van der Waals surface area contributed by atoms with Crippen LogP contribution in [0.25, 0.3) is 0 Å². The van der Waals surface area contributed by atoms with Crippen molar-refractivity contribution in [2.45, 2.75) is 0 Å². The molecule has 5 heteroatoms. The summed E-state index contributed by atoms with van der Waals surface area (Å²) in [6.45, 7) is 0.523. The minimum atomic E-state index is -2.95. The Morgan fingerprint density at radius 3 is 2.56 bits per heavy atom. The number of hydrogen-bond acceptors (Lipinski definition) is 3. The van der Waals surface area contributed by atoms with E-state index in [9.17, 15) is 8.42 Å². The summed E-state index contributed by atoms with van der Waals surface area (Å²) in [6, 6.07) is 0. The third-order valence-corrected chi connectivity index (χ3v) is 2.97. The molecule has 0 aromatic carbocycles. The van der Waals surface area contributed by atoms with E-state index in [0.29, 0.717) is 6.61 Å². The summed E-state index contributed by atoms with van der Waals surface area (Å²) in [7, 11) is -1.44. The second kappa shape index (κ2) is 2.24. The molecule has 1 rings (SSSR count). The van der Waals surface area contributed by atoms with E-state index in [1.165, 1.54) is 11.4 Å². The van der Waals surface area contributed by atoms with Gasteiger partial charge in [-0.05, 0) is 0 Å². The molecule has 0 atom stereocenters. The second-order valence-electron chi connectivity index (χ2n) is 1.95. The van der Waals surface area contributed by atoms with Gasteiger partial charge in [0.1, 0.15) is 6.73 Å². The molecular weight excluding hydrogens is 142 g/mol. The maximum atomic E-state index is 10.8. The highest BCUT2D eigenvalue weighted by molar-refractivity contribution is 7.89. The largest absolute Gasteiger partial charge is 0.364 e. The van der Waals surface area contributed by atoms with E-state index in [1.54, 1.807) is 0 Å². The van der Waals surface area contributed by atoms with E-state index in [4.69, 9.17) is 4.74 Å². The molecule has 0 N–H and O–H groups in total. The molecule has 1 saturated heterocycles. The smallest absolute Gasteiger partial charge is 0.218 e. The maximum Gasteiger partial charge on any atom is 0.218 e. The van der Waals surface area contributed by atoms with Crippen LogP contribution in [0.1, 0.15) is 0 Å². The zero-order chi connectivity index (χ0) is 6.91. The molecule has 1 heterocycles. The molecule has 0 amide bonds. The quantitative estimate of drug-likeness (QED) is 0.457. The zero-order valence-electron chi connectivity index (χ0n) is 5.20. The number of hydrogen-bond donors (Lipinski definition) is 0. The summed E-state index contributed by atoms with van der Waals surface area (Å²) in [6.07, 6.45) is 0. The number of rotatable bonds is 0. The monoisotopic (exact) mass is 151 g/mol. The van der Waals surface area contributed by atoms with Gasteiger partial charge in [-0.15, -0.1) is 0 Å². The van der Waals surface area contributed by atoms with Crippen molar-refractivity contribution in [1.29, 1.82) is 0 Å². The Hall–Kier alpha value is -0.130. The lowest BCUT2D eigenvalue weighted by Crippen LogP contribution is -2.38. The van der Waals surface area contributed by atoms with Crippen molar-refractivity contribution in [3.05, 3.63) is 0 Å². The molecule has 1 fully saturated rings. The minimum absolute atomic E-state index is 0.115. The first-order valence-electron chi connectivity index (χ1n) is 2.65. The molecule has 54 valence electrons. The first-order chi connectivity index (χ1) is 4.13. The lowest BCUT2D eigenvalue weighted by atomic mass is 10.8. The fourth-order valence-electron chi connectivity index (χ4n) is 0.593. The van der Waals surface area contributed by atoms with Gasteiger partial charge in [0.05, 0.1) is 12.4 Å². The van der Waals surface area contributed by atoms with E-state index in [-0.39, 0.29) is 12.5 Å². The number of sulfonamides is 1. The molecule has 0 aliphatic carbocycles. The van der Waals surface area contributed by atoms with Gasteiger partial charge < -0.3 is 4.74 Å². The molecule has 0 radical (unpaired) electrons. The number of ether oxygens (including phenoxy) is 1.